The number of ketones is 2. The monoisotopic (exact) mass is 386 g/mol. The molecule has 1 unspecified atom stereocenters. The zero-order valence-corrected chi connectivity index (χ0v) is 14.6. The molecule has 1 amide bonds. The Morgan fingerprint density at radius 2 is 1.89 bits per heavy atom. The Labute approximate surface area is 152 Å². The lowest BCUT2D eigenvalue weighted by molar-refractivity contribution is -0.385. The van der Waals surface area contributed by atoms with Gasteiger partial charge < -0.3 is 5.32 Å². The van der Waals surface area contributed by atoms with Gasteiger partial charge in [-0.05, 0) is 25.0 Å². The zero-order chi connectivity index (χ0) is 20.6. The maximum Gasteiger partial charge on any atom is 0.416 e. The predicted molar refractivity (Wildman–Crippen MR) is 87.0 cm³/mol. The molecule has 2 rings (SSSR count). The van der Waals surface area contributed by atoms with Crippen LogP contribution < -0.4 is 5.32 Å². The highest BCUT2D eigenvalue weighted by Gasteiger charge is 2.47. The lowest BCUT2D eigenvalue weighted by atomic mass is 9.77. The molecule has 1 aliphatic heterocycles. The van der Waals surface area contributed by atoms with E-state index in [1.165, 1.54) is 0 Å². The Hall–Kier alpha value is -2.78. The van der Waals surface area contributed by atoms with Gasteiger partial charge in [0.25, 0.3) is 5.69 Å². The highest BCUT2D eigenvalue weighted by Crippen LogP contribution is 2.35. The predicted octanol–water partition coefficient (Wildman–Crippen LogP) is 3.06. The summed E-state index contributed by atoms with van der Waals surface area (Å²) in [4.78, 5) is 47.4. The average Bonchev–Trinajstić information content (AvgIpc) is 2.59. The van der Waals surface area contributed by atoms with Crippen LogP contribution in [0.3, 0.4) is 0 Å². The number of nitrogens with one attached hydrogen (secondary N) is 1. The summed E-state index contributed by atoms with van der Waals surface area (Å²) in [6.07, 6.45) is -4.08. The minimum absolute atomic E-state index is 0.128. The van der Waals surface area contributed by atoms with Crippen molar-refractivity contribution >= 4 is 23.2 Å². The van der Waals surface area contributed by atoms with Crippen LogP contribution in [0.5, 0.6) is 0 Å². The van der Waals surface area contributed by atoms with Crippen LogP contribution in [0.1, 0.15) is 49.0 Å². The molecule has 1 aromatic rings. The molecule has 0 radical (unpaired) electrons. The van der Waals surface area contributed by atoms with E-state index in [-0.39, 0.29) is 12.5 Å². The number of rotatable bonds is 5. The van der Waals surface area contributed by atoms with Gasteiger partial charge in [-0.25, -0.2) is 0 Å². The van der Waals surface area contributed by atoms with Gasteiger partial charge >= 0.3 is 6.18 Å². The smallest absolute Gasteiger partial charge is 0.349 e. The molecular formula is C17H17F3N2O5. The number of nitrogens with zero attached hydrogens (tertiary/aromatic N) is 1. The SMILES string of the molecule is CCC1(CC)CC(=O)C(C(=O)c2ccc(C(F)(F)F)cc2[N+](=O)[O-])C(=O)N1. The average molecular weight is 386 g/mol. The molecule has 27 heavy (non-hydrogen) atoms. The number of carbonyl (C=O) groups excluding carboxylic acids is 3. The second kappa shape index (κ2) is 7.09. The van der Waals surface area contributed by atoms with Gasteiger partial charge in [-0.3, -0.25) is 24.5 Å². The molecular weight excluding hydrogens is 369 g/mol. The highest BCUT2D eigenvalue weighted by molar-refractivity contribution is 6.26. The minimum Gasteiger partial charge on any atom is -0.349 e. The van der Waals surface area contributed by atoms with Crippen molar-refractivity contribution < 1.29 is 32.5 Å². The Bertz CT molecular complexity index is 795. The number of hydrogen-bond acceptors (Lipinski definition) is 5. The Balaban J connectivity index is 2.45. The molecule has 0 saturated carbocycles. The maximum atomic E-state index is 12.8. The van der Waals surface area contributed by atoms with Gasteiger partial charge in [0.1, 0.15) is 0 Å². The standard InChI is InChI=1S/C17H17F3N2O5/c1-3-16(4-2)8-12(23)13(15(25)21-16)14(24)10-6-5-9(17(18,19)20)7-11(10)22(26)27/h5-7,13H,3-4,8H2,1-2H3,(H,21,25). The topological polar surface area (TPSA) is 106 Å². The lowest BCUT2D eigenvalue weighted by Crippen LogP contribution is -2.59. The largest absolute Gasteiger partial charge is 0.416 e. The van der Waals surface area contributed by atoms with Crippen LogP contribution in [-0.2, 0) is 15.8 Å². The number of Topliss-reactive ketones (excluding diaryl/α,β-unsaturated/α-hetero) is 2. The van der Waals surface area contributed by atoms with Crippen molar-refractivity contribution in [2.75, 3.05) is 0 Å². The molecule has 1 atom stereocenters. The van der Waals surface area contributed by atoms with Gasteiger partial charge in [-0.15, -0.1) is 0 Å². The first-order chi connectivity index (χ1) is 12.5. The molecule has 7 nitrogen and oxygen atoms in total. The van der Waals surface area contributed by atoms with Crippen molar-refractivity contribution in [3.63, 3.8) is 0 Å². The molecule has 0 aromatic heterocycles. The Morgan fingerprint density at radius 3 is 2.33 bits per heavy atom. The van der Waals surface area contributed by atoms with Crippen molar-refractivity contribution in [3.05, 3.63) is 39.4 Å². The third kappa shape index (κ3) is 3.83. The summed E-state index contributed by atoms with van der Waals surface area (Å²) in [5, 5.41) is 13.8. The number of piperidine rings is 1. The number of benzene rings is 1. The van der Waals surface area contributed by atoms with Crippen LogP contribution in [0.25, 0.3) is 0 Å². The van der Waals surface area contributed by atoms with E-state index < -0.39 is 56.8 Å². The van der Waals surface area contributed by atoms with Crippen LogP contribution >= 0.6 is 0 Å². The third-order valence-corrected chi connectivity index (χ3v) is 4.89. The molecule has 146 valence electrons. The molecule has 1 fully saturated rings. The number of hydrogen-bond donors (Lipinski definition) is 1. The van der Waals surface area contributed by atoms with E-state index in [1.807, 2.05) is 0 Å². The van der Waals surface area contributed by atoms with Gasteiger partial charge in [0.15, 0.2) is 17.5 Å². The van der Waals surface area contributed by atoms with E-state index in [4.69, 9.17) is 0 Å². The first-order valence-electron chi connectivity index (χ1n) is 8.20. The summed E-state index contributed by atoms with van der Waals surface area (Å²) < 4.78 is 38.3. The summed E-state index contributed by atoms with van der Waals surface area (Å²) in [6, 6.07) is 1.36. The minimum atomic E-state index is -4.84. The second-order valence-electron chi connectivity index (χ2n) is 6.40. The zero-order valence-electron chi connectivity index (χ0n) is 14.6. The maximum absolute atomic E-state index is 12.8. The lowest BCUT2D eigenvalue weighted by Gasteiger charge is -2.38. The fourth-order valence-electron chi connectivity index (χ4n) is 3.12. The van der Waals surface area contributed by atoms with Gasteiger partial charge in [0.2, 0.25) is 5.91 Å². The van der Waals surface area contributed by atoms with Gasteiger partial charge in [0.05, 0.1) is 16.1 Å². The molecule has 0 spiro atoms. The van der Waals surface area contributed by atoms with Crippen molar-refractivity contribution in [1.82, 2.24) is 5.32 Å². The van der Waals surface area contributed by atoms with Crippen molar-refractivity contribution in [2.45, 2.75) is 44.8 Å². The molecule has 10 heteroatoms. The number of nitro benzene ring substituents is 1. The number of nitro groups is 1. The molecule has 0 aliphatic carbocycles. The van der Waals surface area contributed by atoms with E-state index in [0.717, 1.165) is 0 Å². The first-order valence-corrected chi connectivity index (χ1v) is 8.20. The fraction of sp³-hybridized carbons (Fsp3) is 0.471. The van der Waals surface area contributed by atoms with Gasteiger partial charge in [-0.1, -0.05) is 13.8 Å². The Kier molecular flexibility index (Phi) is 5.39. The molecule has 1 saturated heterocycles. The van der Waals surface area contributed by atoms with Crippen LogP contribution in [0.4, 0.5) is 18.9 Å². The number of amides is 1. The molecule has 1 aliphatic rings. The summed E-state index contributed by atoms with van der Waals surface area (Å²) in [7, 11) is 0. The van der Waals surface area contributed by atoms with E-state index in [2.05, 4.69) is 5.32 Å². The van der Waals surface area contributed by atoms with E-state index in [9.17, 15) is 37.7 Å². The number of halogens is 3. The number of alkyl halides is 3. The normalized spacial score (nSPS) is 19.5. The second-order valence-corrected chi connectivity index (χ2v) is 6.40. The summed E-state index contributed by atoms with van der Waals surface area (Å²) in [6.45, 7) is 3.53. The van der Waals surface area contributed by atoms with Crippen LogP contribution in [0, 0.1) is 16.0 Å². The summed E-state index contributed by atoms with van der Waals surface area (Å²) in [5.74, 6) is -4.60. The van der Waals surface area contributed by atoms with Crippen molar-refractivity contribution in [3.8, 4) is 0 Å². The first kappa shape index (κ1) is 20.5. The highest BCUT2D eigenvalue weighted by atomic mass is 19.4. The van der Waals surface area contributed by atoms with Gasteiger partial charge in [-0.2, -0.15) is 13.2 Å². The van der Waals surface area contributed by atoms with Crippen molar-refractivity contribution in [1.29, 1.82) is 0 Å². The quantitative estimate of drug-likeness (QED) is 0.362. The van der Waals surface area contributed by atoms with Crippen LogP contribution in [0.2, 0.25) is 0 Å². The van der Waals surface area contributed by atoms with E-state index >= 15 is 0 Å². The van der Waals surface area contributed by atoms with Crippen molar-refractivity contribution in [2.24, 2.45) is 5.92 Å². The van der Waals surface area contributed by atoms with E-state index in [0.29, 0.717) is 25.0 Å². The molecule has 0 bridgehead atoms. The van der Waals surface area contributed by atoms with Gasteiger partial charge in [0, 0.05) is 18.0 Å². The van der Waals surface area contributed by atoms with E-state index in [1.54, 1.807) is 13.8 Å². The van der Waals surface area contributed by atoms with Crippen LogP contribution in [0.15, 0.2) is 18.2 Å². The fourth-order valence-corrected chi connectivity index (χ4v) is 3.12. The Morgan fingerprint density at radius 1 is 1.30 bits per heavy atom. The number of carbonyl (C=O) groups is 3. The third-order valence-electron chi connectivity index (χ3n) is 4.89. The summed E-state index contributed by atoms with van der Waals surface area (Å²) in [5.41, 5.74) is -3.90. The molecule has 1 aromatic carbocycles. The summed E-state index contributed by atoms with van der Waals surface area (Å²) >= 11 is 0. The molecule has 1 N–H and O–H groups in total. The van der Waals surface area contributed by atoms with Crippen LogP contribution in [-0.4, -0.2) is 27.9 Å². The molecule has 1 heterocycles.